The SMILES string of the molecule is Cc1sc(N2CCN(C)CC2)nc1-c1ccc(C(=O)NC(CC(C)(C)F)C(=O)N2CC(Cl)C3OCC(=O)C32)cc1F. The number of aryl methyl sites for hydroxylation is 1. The molecule has 5 rings (SSSR count). The molecule has 0 radical (unpaired) electrons. The van der Waals surface area contributed by atoms with Crippen molar-refractivity contribution in [1.82, 2.24) is 20.1 Å². The average molecular weight is 610 g/mol. The number of piperazine rings is 1. The molecule has 41 heavy (non-hydrogen) atoms. The van der Waals surface area contributed by atoms with Gasteiger partial charge in [-0.05, 0) is 46.0 Å². The minimum absolute atomic E-state index is 0.0253. The van der Waals surface area contributed by atoms with E-state index in [0.29, 0.717) is 5.69 Å². The molecule has 222 valence electrons. The van der Waals surface area contributed by atoms with Gasteiger partial charge >= 0.3 is 0 Å². The molecule has 4 atom stereocenters. The predicted octanol–water partition coefficient (Wildman–Crippen LogP) is 3.03. The third-order valence-electron chi connectivity index (χ3n) is 7.74. The highest BCUT2D eigenvalue weighted by Gasteiger charge is 2.53. The van der Waals surface area contributed by atoms with Gasteiger partial charge in [0.1, 0.15) is 36.3 Å². The van der Waals surface area contributed by atoms with Crippen LogP contribution in [0.4, 0.5) is 13.9 Å². The number of ether oxygens (including phenoxy) is 1. The van der Waals surface area contributed by atoms with Crippen molar-refractivity contribution in [1.29, 1.82) is 0 Å². The summed E-state index contributed by atoms with van der Waals surface area (Å²) >= 11 is 7.82. The number of nitrogens with zero attached hydrogens (tertiary/aromatic N) is 4. The van der Waals surface area contributed by atoms with E-state index in [1.165, 1.54) is 42.2 Å². The fourth-order valence-electron chi connectivity index (χ4n) is 5.56. The molecule has 2 aromatic rings. The Morgan fingerprint density at radius 2 is 1.98 bits per heavy atom. The highest BCUT2D eigenvalue weighted by atomic mass is 35.5. The van der Waals surface area contributed by atoms with Crippen molar-refractivity contribution in [3.05, 3.63) is 34.5 Å². The van der Waals surface area contributed by atoms with Gasteiger partial charge in [-0.2, -0.15) is 0 Å². The Bertz CT molecular complexity index is 1340. The Morgan fingerprint density at radius 3 is 2.63 bits per heavy atom. The maximum Gasteiger partial charge on any atom is 0.252 e. The highest BCUT2D eigenvalue weighted by Crippen LogP contribution is 2.35. The molecule has 1 aromatic carbocycles. The number of likely N-dealkylation sites (N-methyl/N-ethyl adjacent to an activating group) is 1. The summed E-state index contributed by atoms with van der Waals surface area (Å²) in [7, 11) is 2.07. The minimum Gasteiger partial charge on any atom is -0.366 e. The molecule has 1 aromatic heterocycles. The first-order valence-corrected chi connectivity index (χ1v) is 14.9. The van der Waals surface area contributed by atoms with Crippen LogP contribution < -0.4 is 10.2 Å². The summed E-state index contributed by atoms with van der Waals surface area (Å²) in [6, 6.07) is 1.87. The average Bonchev–Trinajstić information content (AvgIpc) is 3.58. The lowest BCUT2D eigenvalue weighted by Gasteiger charge is -2.32. The Balaban J connectivity index is 1.33. The van der Waals surface area contributed by atoms with Gasteiger partial charge in [-0.1, -0.05) is 0 Å². The molecule has 0 bridgehead atoms. The predicted molar refractivity (Wildman–Crippen MR) is 153 cm³/mol. The molecule has 1 N–H and O–H groups in total. The summed E-state index contributed by atoms with van der Waals surface area (Å²) < 4.78 is 35.6. The fourth-order valence-corrected chi connectivity index (χ4v) is 6.90. The Labute approximate surface area is 246 Å². The zero-order valence-electron chi connectivity index (χ0n) is 23.5. The number of fused-ring (bicyclic) bond motifs is 1. The van der Waals surface area contributed by atoms with Crippen LogP contribution in [0.1, 0.15) is 35.5 Å². The van der Waals surface area contributed by atoms with E-state index in [0.717, 1.165) is 42.3 Å². The lowest BCUT2D eigenvalue weighted by molar-refractivity contribution is -0.138. The zero-order chi connectivity index (χ0) is 29.6. The van der Waals surface area contributed by atoms with Gasteiger partial charge in [-0.3, -0.25) is 14.4 Å². The Hall–Kier alpha value is -2.67. The number of likely N-dealkylation sites (tertiary alicyclic amines) is 1. The van der Waals surface area contributed by atoms with Gasteiger partial charge in [0, 0.05) is 55.1 Å². The number of thiazole rings is 1. The van der Waals surface area contributed by atoms with Gasteiger partial charge in [0.25, 0.3) is 5.91 Å². The van der Waals surface area contributed by atoms with E-state index < -0.39 is 46.9 Å². The highest BCUT2D eigenvalue weighted by molar-refractivity contribution is 7.16. The number of rotatable bonds is 7. The number of hydrogen-bond acceptors (Lipinski definition) is 8. The summed E-state index contributed by atoms with van der Waals surface area (Å²) in [5.41, 5.74) is -1.06. The molecule has 4 unspecified atom stereocenters. The Kier molecular flexibility index (Phi) is 8.39. The van der Waals surface area contributed by atoms with Gasteiger partial charge in [0.2, 0.25) is 5.91 Å². The molecular formula is C28H34ClF2N5O4S. The van der Waals surface area contributed by atoms with E-state index in [1.54, 1.807) is 0 Å². The van der Waals surface area contributed by atoms with Crippen LogP contribution in [0.15, 0.2) is 18.2 Å². The first kappa shape index (κ1) is 29.8. The monoisotopic (exact) mass is 609 g/mol. The second-order valence-corrected chi connectivity index (χ2v) is 13.3. The van der Waals surface area contributed by atoms with E-state index in [2.05, 4.69) is 22.2 Å². The maximum atomic E-state index is 15.4. The third-order valence-corrected chi connectivity index (χ3v) is 9.16. The van der Waals surface area contributed by atoms with Gasteiger partial charge in [-0.15, -0.1) is 22.9 Å². The van der Waals surface area contributed by atoms with E-state index in [4.69, 9.17) is 21.3 Å². The summed E-state index contributed by atoms with van der Waals surface area (Å²) in [5, 5.41) is 2.80. The number of hydrogen-bond donors (Lipinski definition) is 1. The van der Waals surface area contributed by atoms with Crippen LogP contribution in [0, 0.1) is 12.7 Å². The van der Waals surface area contributed by atoms with Gasteiger partial charge in [-0.25, -0.2) is 13.8 Å². The largest absolute Gasteiger partial charge is 0.366 e. The van der Waals surface area contributed by atoms with Gasteiger partial charge in [0.05, 0.1) is 11.1 Å². The number of Topliss-reactive ketones (excluding diaryl/α,β-unsaturated/α-hetero) is 1. The number of amides is 2. The molecule has 3 fully saturated rings. The lowest BCUT2D eigenvalue weighted by Crippen LogP contribution is -2.53. The number of benzene rings is 1. The molecule has 3 saturated heterocycles. The van der Waals surface area contributed by atoms with Crippen molar-refractivity contribution in [3.8, 4) is 11.3 Å². The minimum atomic E-state index is -1.82. The molecule has 3 aliphatic heterocycles. The number of aromatic nitrogens is 1. The molecule has 9 nitrogen and oxygen atoms in total. The zero-order valence-corrected chi connectivity index (χ0v) is 25.0. The summed E-state index contributed by atoms with van der Waals surface area (Å²) in [6.45, 7) is 7.87. The van der Waals surface area contributed by atoms with Crippen LogP contribution in [0.2, 0.25) is 0 Å². The fraction of sp³-hybridized carbons (Fsp3) is 0.571. The number of alkyl halides is 2. The molecule has 3 aliphatic rings. The van der Waals surface area contributed by atoms with Gasteiger partial charge < -0.3 is 24.8 Å². The molecule has 4 heterocycles. The van der Waals surface area contributed by atoms with Crippen LogP contribution in [0.3, 0.4) is 0 Å². The van der Waals surface area contributed by atoms with Crippen LogP contribution in [-0.4, -0.2) is 108 Å². The Morgan fingerprint density at radius 1 is 1.27 bits per heavy atom. The van der Waals surface area contributed by atoms with Crippen molar-refractivity contribution in [2.45, 2.75) is 56.4 Å². The number of carbonyl (C=O) groups is 3. The topological polar surface area (TPSA) is 95.1 Å². The molecule has 13 heteroatoms. The number of nitrogens with one attached hydrogen (secondary N) is 1. The van der Waals surface area contributed by atoms with Crippen molar-refractivity contribution in [2.75, 3.05) is 51.3 Å². The summed E-state index contributed by atoms with van der Waals surface area (Å²) in [6.07, 6.45) is -0.989. The molecule has 0 saturated carbocycles. The standard InChI is InChI=1S/C28H34ClF2N5O4S/c1-15-22(33-27(41-15)35-9-7-34(4)8-10-35)17-6-5-16(11-19(17)30)25(38)32-20(12-28(2,3)31)26(39)36-13-18(29)24-23(36)21(37)14-40-24/h5-6,11,18,20,23-24H,7-10,12-14H2,1-4H3,(H,32,38). The summed E-state index contributed by atoms with van der Waals surface area (Å²) in [4.78, 5) is 50.4. The van der Waals surface area contributed by atoms with Crippen LogP contribution >= 0.6 is 22.9 Å². The maximum absolute atomic E-state index is 15.4. The van der Waals surface area contributed by atoms with E-state index in [9.17, 15) is 18.8 Å². The van der Waals surface area contributed by atoms with Crippen molar-refractivity contribution >= 4 is 45.7 Å². The van der Waals surface area contributed by atoms with Crippen molar-refractivity contribution in [3.63, 3.8) is 0 Å². The first-order chi connectivity index (χ1) is 19.3. The van der Waals surface area contributed by atoms with E-state index in [1.807, 2.05) is 6.92 Å². The molecular weight excluding hydrogens is 576 g/mol. The van der Waals surface area contributed by atoms with Crippen molar-refractivity contribution in [2.24, 2.45) is 0 Å². The van der Waals surface area contributed by atoms with Gasteiger partial charge in [0.15, 0.2) is 10.9 Å². The normalized spacial score (nSPS) is 24.1. The molecule has 0 aliphatic carbocycles. The lowest BCUT2D eigenvalue weighted by atomic mass is 9.98. The number of halogens is 3. The third kappa shape index (κ3) is 6.25. The van der Waals surface area contributed by atoms with E-state index >= 15 is 4.39 Å². The van der Waals surface area contributed by atoms with E-state index in [-0.39, 0.29) is 36.5 Å². The second kappa shape index (κ2) is 11.5. The second-order valence-electron chi connectivity index (χ2n) is 11.5. The first-order valence-electron chi connectivity index (χ1n) is 13.6. The van der Waals surface area contributed by atoms with Crippen LogP contribution in [0.5, 0.6) is 0 Å². The number of ketones is 1. The summed E-state index contributed by atoms with van der Waals surface area (Å²) in [5.74, 6) is -2.29. The quantitative estimate of drug-likeness (QED) is 0.482. The number of carbonyl (C=O) groups excluding carboxylic acids is 3. The molecule has 2 amide bonds. The van der Waals surface area contributed by atoms with Crippen molar-refractivity contribution < 1.29 is 27.9 Å². The smallest absolute Gasteiger partial charge is 0.252 e. The van der Waals surface area contributed by atoms with Crippen LogP contribution in [-0.2, 0) is 14.3 Å². The molecule has 0 spiro atoms. The van der Waals surface area contributed by atoms with Crippen LogP contribution in [0.25, 0.3) is 11.3 Å². The number of anilines is 1.